The molecule has 104 valence electrons. The van der Waals surface area contributed by atoms with E-state index in [1.54, 1.807) is 0 Å². The van der Waals surface area contributed by atoms with Crippen molar-refractivity contribution in [2.45, 2.75) is 37.9 Å². The second-order valence-electron chi connectivity index (χ2n) is 4.58. The van der Waals surface area contributed by atoms with Gasteiger partial charge in [-0.1, -0.05) is 29.6 Å². The van der Waals surface area contributed by atoms with Gasteiger partial charge in [0.25, 0.3) is 0 Å². The van der Waals surface area contributed by atoms with Crippen molar-refractivity contribution in [3.63, 3.8) is 0 Å². The molecule has 1 aliphatic carbocycles. The normalized spacial score (nSPS) is 23.1. The van der Waals surface area contributed by atoms with Crippen LogP contribution in [0.1, 0.15) is 36.0 Å². The van der Waals surface area contributed by atoms with Crippen LogP contribution in [0, 0.1) is 0 Å². The zero-order chi connectivity index (χ0) is 14.0. The van der Waals surface area contributed by atoms with Crippen molar-refractivity contribution in [3.8, 4) is 5.75 Å². The number of aliphatic hydroxyl groups is 1. The molecule has 0 heterocycles. The predicted molar refractivity (Wildman–Crippen MR) is 72.3 cm³/mol. The Morgan fingerprint density at radius 2 is 1.95 bits per heavy atom. The molecule has 2 atom stereocenters. The van der Waals surface area contributed by atoms with E-state index >= 15 is 0 Å². The van der Waals surface area contributed by atoms with Gasteiger partial charge in [0, 0.05) is 5.02 Å². The molecule has 0 amide bonds. The molecule has 2 rings (SSSR count). The predicted octanol–water partition coefficient (Wildman–Crippen LogP) is 3.37. The smallest absolute Gasteiger partial charge is 0.339 e. The highest BCUT2D eigenvalue weighted by molar-refractivity contribution is 6.36. The summed E-state index contributed by atoms with van der Waals surface area (Å²) in [6.07, 6.45) is 2.20. The number of hydrogen-bond acceptors (Lipinski definition) is 3. The molecule has 19 heavy (non-hydrogen) atoms. The maximum atomic E-state index is 11.2. The van der Waals surface area contributed by atoms with Crippen molar-refractivity contribution >= 4 is 29.2 Å². The molecule has 1 saturated carbocycles. The van der Waals surface area contributed by atoms with Crippen LogP contribution in [0.3, 0.4) is 0 Å². The summed E-state index contributed by atoms with van der Waals surface area (Å²) in [6.45, 7) is 0. The molecule has 1 aliphatic rings. The molecular formula is C13H14Cl2O4. The Morgan fingerprint density at radius 1 is 1.26 bits per heavy atom. The van der Waals surface area contributed by atoms with Gasteiger partial charge in [0.2, 0.25) is 0 Å². The minimum absolute atomic E-state index is 0.0736. The molecule has 2 N–H and O–H groups in total. The number of halogens is 2. The molecule has 6 heteroatoms. The monoisotopic (exact) mass is 304 g/mol. The van der Waals surface area contributed by atoms with Crippen LogP contribution < -0.4 is 4.74 Å². The van der Waals surface area contributed by atoms with Crippen molar-refractivity contribution in [2.75, 3.05) is 0 Å². The van der Waals surface area contributed by atoms with Crippen LogP contribution in [0.15, 0.2) is 12.1 Å². The minimum Gasteiger partial charge on any atom is -0.485 e. The molecule has 0 spiro atoms. The first kappa shape index (κ1) is 14.4. The van der Waals surface area contributed by atoms with Gasteiger partial charge in [-0.05, 0) is 31.4 Å². The Balaban J connectivity index is 2.30. The summed E-state index contributed by atoms with van der Waals surface area (Å²) in [4.78, 5) is 11.2. The number of aliphatic hydroxyl groups excluding tert-OH is 1. The zero-order valence-corrected chi connectivity index (χ0v) is 11.6. The lowest BCUT2D eigenvalue weighted by Crippen LogP contribution is -2.35. The van der Waals surface area contributed by atoms with Crippen molar-refractivity contribution in [3.05, 3.63) is 27.7 Å². The number of rotatable bonds is 3. The number of aromatic carboxylic acids is 1. The Hall–Kier alpha value is -0.970. The second-order valence-corrected chi connectivity index (χ2v) is 5.42. The molecule has 1 aromatic carbocycles. The van der Waals surface area contributed by atoms with Gasteiger partial charge in [-0.25, -0.2) is 4.79 Å². The van der Waals surface area contributed by atoms with Crippen molar-refractivity contribution in [1.82, 2.24) is 0 Å². The largest absolute Gasteiger partial charge is 0.485 e. The number of ether oxygens (including phenoxy) is 1. The number of carbonyl (C=O) groups is 1. The summed E-state index contributed by atoms with van der Waals surface area (Å²) in [5, 5.41) is 19.4. The highest BCUT2D eigenvalue weighted by atomic mass is 35.5. The first-order valence-corrected chi connectivity index (χ1v) is 6.81. The third-order valence-corrected chi connectivity index (χ3v) is 3.67. The maximum absolute atomic E-state index is 11.2. The van der Waals surface area contributed by atoms with Crippen LogP contribution in [0.2, 0.25) is 10.0 Å². The number of carboxylic acids is 1. The molecule has 0 bridgehead atoms. The molecule has 0 radical (unpaired) electrons. The van der Waals surface area contributed by atoms with Gasteiger partial charge >= 0.3 is 5.97 Å². The Labute approximate surface area is 120 Å². The van der Waals surface area contributed by atoms with E-state index in [1.807, 2.05) is 0 Å². The summed E-state index contributed by atoms with van der Waals surface area (Å²) >= 11 is 11.8. The summed E-state index contributed by atoms with van der Waals surface area (Å²) in [7, 11) is 0. The number of carboxylic acid groups (broad SMARTS) is 1. The van der Waals surface area contributed by atoms with Gasteiger partial charge in [-0.3, -0.25) is 0 Å². The molecule has 1 aromatic rings. The van der Waals surface area contributed by atoms with Gasteiger partial charge in [-0.15, -0.1) is 0 Å². The number of benzene rings is 1. The van der Waals surface area contributed by atoms with Gasteiger partial charge in [0.05, 0.1) is 11.1 Å². The van der Waals surface area contributed by atoms with E-state index < -0.39 is 18.2 Å². The topological polar surface area (TPSA) is 66.8 Å². The van der Waals surface area contributed by atoms with Crippen LogP contribution in [0.25, 0.3) is 0 Å². The standard InChI is InChI=1S/C13H14Cl2O4/c14-7-5-8(13(17)18)12(9(15)6-7)19-11-4-2-1-3-10(11)16/h5-6,10-11,16H,1-4H2,(H,17,18). The summed E-state index contributed by atoms with van der Waals surface area (Å²) < 4.78 is 5.62. The van der Waals surface area contributed by atoms with E-state index in [2.05, 4.69) is 0 Å². The fourth-order valence-electron chi connectivity index (χ4n) is 2.21. The molecule has 1 fully saturated rings. The molecular weight excluding hydrogens is 291 g/mol. The summed E-state index contributed by atoms with van der Waals surface area (Å²) in [6, 6.07) is 2.72. The quantitative estimate of drug-likeness (QED) is 0.898. The van der Waals surface area contributed by atoms with Gasteiger partial charge < -0.3 is 14.9 Å². The molecule has 0 saturated heterocycles. The van der Waals surface area contributed by atoms with Crippen LogP contribution in [-0.2, 0) is 0 Å². The third kappa shape index (κ3) is 3.32. The van der Waals surface area contributed by atoms with Crippen LogP contribution in [0.5, 0.6) is 5.75 Å². The maximum Gasteiger partial charge on any atom is 0.339 e. The third-order valence-electron chi connectivity index (χ3n) is 3.18. The van der Waals surface area contributed by atoms with Gasteiger partial charge in [0.15, 0.2) is 5.75 Å². The Bertz CT molecular complexity index is 490. The summed E-state index contributed by atoms with van der Waals surface area (Å²) in [5.74, 6) is -1.09. The Morgan fingerprint density at radius 3 is 2.58 bits per heavy atom. The average Bonchev–Trinajstić information content (AvgIpc) is 2.34. The lowest BCUT2D eigenvalue weighted by molar-refractivity contribution is 0.00611. The number of hydrogen-bond donors (Lipinski definition) is 2. The van der Waals surface area contributed by atoms with E-state index in [-0.39, 0.29) is 21.4 Å². The lowest BCUT2D eigenvalue weighted by atomic mass is 9.95. The first-order valence-electron chi connectivity index (χ1n) is 6.06. The van der Waals surface area contributed by atoms with Crippen molar-refractivity contribution in [2.24, 2.45) is 0 Å². The highest BCUT2D eigenvalue weighted by Gasteiger charge is 2.27. The molecule has 0 aromatic heterocycles. The van der Waals surface area contributed by atoms with E-state index in [1.165, 1.54) is 12.1 Å². The van der Waals surface area contributed by atoms with E-state index in [0.29, 0.717) is 12.8 Å². The molecule has 2 unspecified atom stereocenters. The first-order chi connectivity index (χ1) is 8.99. The van der Waals surface area contributed by atoms with E-state index in [0.717, 1.165) is 12.8 Å². The molecule has 0 aliphatic heterocycles. The van der Waals surface area contributed by atoms with Crippen LogP contribution >= 0.6 is 23.2 Å². The van der Waals surface area contributed by atoms with Gasteiger partial charge in [0.1, 0.15) is 11.7 Å². The van der Waals surface area contributed by atoms with E-state index in [4.69, 9.17) is 33.0 Å². The lowest BCUT2D eigenvalue weighted by Gasteiger charge is -2.29. The highest BCUT2D eigenvalue weighted by Crippen LogP contribution is 2.35. The van der Waals surface area contributed by atoms with Crippen LogP contribution in [0.4, 0.5) is 0 Å². The molecule has 4 nitrogen and oxygen atoms in total. The Kier molecular flexibility index (Phi) is 4.55. The fourth-order valence-corrected chi connectivity index (χ4v) is 2.74. The average molecular weight is 305 g/mol. The second kappa shape index (κ2) is 5.99. The van der Waals surface area contributed by atoms with Gasteiger partial charge in [-0.2, -0.15) is 0 Å². The fraction of sp³-hybridized carbons (Fsp3) is 0.462. The summed E-state index contributed by atoms with van der Waals surface area (Å²) in [5.41, 5.74) is -0.0877. The zero-order valence-electron chi connectivity index (χ0n) is 10.1. The van der Waals surface area contributed by atoms with Crippen molar-refractivity contribution < 1.29 is 19.7 Å². The SMILES string of the molecule is O=C(O)c1cc(Cl)cc(Cl)c1OC1CCCCC1O. The van der Waals surface area contributed by atoms with Crippen LogP contribution in [-0.4, -0.2) is 28.4 Å². The minimum atomic E-state index is -1.16. The van der Waals surface area contributed by atoms with Crippen molar-refractivity contribution in [1.29, 1.82) is 0 Å². The van der Waals surface area contributed by atoms with E-state index in [9.17, 15) is 9.90 Å².